The fourth-order valence-corrected chi connectivity index (χ4v) is 7.01. The molecule has 4 aliphatic rings. The van der Waals surface area contributed by atoms with Gasteiger partial charge < -0.3 is 0 Å². The SMILES string of the molecule is CC12CC3CC(C1)CC(C(CCCS(C)(=O)=O)NN)(C3)C2. The molecule has 4 bridgehead atoms. The van der Waals surface area contributed by atoms with Gasteiger partial charge in [-0.3, -0.25) is 11.3 Å². The highest BCUT2D eigenvalue weighted by Gasteiger charge is 2.57. The van der Waals surface area contributed by atoms with Gasteiger partial charge in [-0.05, 0) is 74.0 Å². The van der Waals surface area contributed by atoms with E-state index in [9.17, 15) is 8.42 Å². The fraction of sp³-hybridized carbons (Fsp3) is 1.00. The van der Waals surface area contributed by atoms with E-state index < -0.39 is 9.84 Å². The summed E-state index contributed by atoms with van der Waals surface area (Å²) in [5, 5.41) is 0. The molecule has 5 heteroatoms. The molecule has 0 radical (unpaired) electrons. The number of hydrogen-bond donors (Lipinski definition) is 2. The highest BCUT2D eigenvalue weighted by molar-refractivity contribution is 7.90. The largest absolute Gasteiger partial charge is 0.271 e. The molecule has 0 aliphatic heterocycles. The first-order chi connectivity index (χ1) is 9.74. The summed E-state index contributed by atoms with van der Waals surface area (Å²) in [5.41, 5.74) is 3.90. The summed E-state index contributed by atoms with van der Waals surface area (Å²) in [6.07, 6.45) is 11.0. The Morgan fingerprint density at radius 1 is 1.24 bits per heavy atom. The van der Waals surface area contributed by atoms with Crippen LogP contribution in [0, 0.1) is 22.7 Å². The van der Waals surface area contributed by atoms with Gasteiger partial charge in [0.2, 0.25) is 0 Å². The topological polar surface area (TPSA) is 72.2 Å². The fourth-order valence-electron chi connectivity index (χ4n) is 6.32. The number of rotatable bonds is 6. The van der Waals surface area contributed by atoms with Gasteiger partial charge in [0.15, 0.2) is 0 Å². The molecule has 0 spiro atoms. The van der Waals surface area contributed by atoms with Gasteiger partial charge in [0, 0.05) is 18.1 Å². The molecule has 4 fully saturated rings. The molecule has 4 nitrogen and oxygen atoms in total. The smallest absolute Gasteiger partial charge is 0.147 e. The van der Waals surface area contributed by atoms with Crippen molar-refractivity contribution in [3.05, 3.63) is 0 Å². The van der Waals surface area contributed by atoms with Gasteiger partial charge in [-0.15, -0.1) is 0 Å². The van der Waals surface area contributed by atoms with Crippen LogP contribution in [0.1, 0.15) is 58.3 Å². The van der Waals surface area contributed by atoms with Crippen molar-refractivity contribution in [3.8, 4) is 0 Å². The van der Waals surface area contributed by atoms with Crippen LogP contribution in [0.15, 0.2) is 0 Å². The summed E-state index contributed by atoms with van der Waals surface area (Å²) in [4.78, 5) is 0. The van der Waals surface area contributed by atoms with Gasteiger partial charge in [-0.1, -0.05) is 6.92 Å². The van der Waals surface area contributed by atoms with Gasteiger partial charge in [-0.2, -0.15) is 0 Å². The van der Waals surface area contributed by atoms with E-state index in [1.807, 2.05) is 0 Å². The highest BCUT2D eigenvalue weighted by Crippen LogP contribution is 2.66. The Labute approximate surface area is 129 Å². The maximum atomic E-state index is 11.3. The van der Waals surface area contributed by atoms with E-state index in [1.54, 1.807) is 0 Å². The molecule has 0 aromatic rings. The van der Waals surface area contributed by atoms with Crippen molar-refractivity contribution >= 4 is 9.84 Å². The molecule has 21 heavy (non-hydrogen) atoms. The summed E-state index contributed by atoms with van der Waals surface area (Å²) in [5.74, 6) is 7.92. The molecule has 4 aliphatic carbocycles. The number of nitrogens with two attached hydrogens (primary N) is 1. The van der Waals surface area contributed by atoms with Crippen molar-refractivity contribution in [1.82, 2.24) is 5.43 Å². The molecular weight excluding hydrogens is 284 g/mol. The van der Waals surface area contributed by atoms with Crippen LogP contribution in [0.3, 0.4) is 0 Å². The van der Waals surface area contributed by atoms with Crippen LogP contribution >= 0.6 is 0 Å². The summed E-state index contributed by atoms with van der Waals surface area (Å²) >= 11 is 0. The third kappa shape index (κ3) is 3.15. The third-order valence-electron chi connectivity index (χ3n) is 6.35. The first-order valence-electron chi connectivity index (χ1n) is 8.38. The number of hydrazine groups is 1. The third-order valence-corrected chi connectivity index (χ3v) is 7.38. The quantitative estimate of drug-likeness (QED) is 0.582. The second-order valence-corrected chi connectivity index (χ2v) is 10.9. The van der Waals surface area contributed by atoms with Gasteiger partial charge in [0.05, 0.1) is 0 Å². The Morgan fingerprint density at radius 2 is 1.86 bits per heavy atom. The lowest BCUT2D eigenvalue weighted by molar-refractivity contribution is -0.119. The standard InChI is InChI=1S/C16H30N2O2S/c1-15-7-12-6-13(8-15)10-16(9-12,11-15)14(18-17)4-3-5-21(2,19)20/h12-14,18H,3-11,17H2,1-2H3. The van der Waals surface area contributed by atoms with Crippen LogP contribution < -0.4 is 11.3 Å². The minimum atomic E-state index is -2.86. The van der Waals surface area contributed by atoms with Crippen molar-refractivity contribution in [3.63, 3.8) is 0 Å². The first-order valence-corrected chi connectivity index (χ1v) is 10.4. The maximum absolute atomic E-state index is 11.3. The minimum Gasteiger partial charge on any atom is -0.271 e. The van der Waals surface area contributed by atoms with E-state index >= 15 is 0 Å². The van der Waals surface area contributed by atoms with Crippen molar-refractivity contribution in [2.45, 2.75) is 64.3 Å². The van der Waals surface area contributed by atoms with Crippen LogP contribution in [0.4, 0.5) is 0 Å². The average molecular weight is 314 g/mol. The average Bonchev–Trinajstić information content (AvgIpc) is 2.29. The zero-order chi connectivity index (χ0) is 15.3. The number of nitrogens with one attached hydrogen (secondary N) is 1. The number of sulfone groups is 1. The van der Waals surface area contributed by atoms with Crippen LogP contribution in [0.2, 0.25) is 0 Å². The zero-order valence-corrected chi connectivity index (χ0v) is 14.2. The van der Waals surface area contributed by atoms with E-state index in [2.05, 4.69) is 12.3 Å². The van der Waals surface area contributed by atoms with Crippen molar-refractivity contribution in [2.75, 3.05) is 12.0 Å². The summed E-state index contributed by atoms with van der Waals surface area (Å²) in [7, 11) is -2.86. The molecular formula is C16H30N2O2S. The molecule has 3 N–H and O–H groups in total. The lowest BCUT2D eigenvalue weighted by Gasteiger charge is -2.63. The van der Waals surface area contributed by atoms with E-state index in [0.29, 0.717) is 10.8 Å². The summed E-state index contributed by atoms with van der Waals surface area (Å²) in [6, 6.07) is 0.282. The van der Waals surface area contributed by atoms with Crippen molar-refractivity contribution in [2.24, 2.45) is 28.5 Å². The summed E-state index contributed by atoms with van der Waals surface area (Å²) in [6.45, 7) is 2.46. The second kappa shape index (κ2) is 5.20. The number of hydrogen-bond acceptors (Lipinski definition) is 4. The molecule has 4 rings (SSSR count). The molecule has 0 aromatic carbocycles. The molecule has 122 valence electrons. The Bertz CT molecular complexity index is 488. The van der Waals surface area contributed by atoms with E-state index in [0.717, 1.165) is 24.7 Å². The normalized spacial score (nSPS) is 43.2. The van der Waals surface area contributed by atoms with Crippen molar-refractivity contribution in [1.29, 1.82) is 0 Å². The molecule has 4 saturated carbocycles. The Morgan fingerprint density at radius 3 is 2.33 bits per heavy atom. The van der Waals surface area contributed by atoms with E-state index in [4.69, 9.17) is 5.84 Å². The molecule has 0 heterocycles. The van der Waals surface area contributed by atoms with Gasteiger partial charge in [0.25, 0.3) is 0 Å². The van der Waals surface area contributed by atoms with E-state index in [-0.39, 0.29) is 11.8 Å². The molecule has 0 aromatic heterocycles. The molecule has 0 saturated heterocycles. The second-order valence-electron chi connectivity index (χ2n) is 8.63. The van der Waals surface area contributed by atoms with Crippen LogP contribution in [0.5, 0.6) is 0 Å². The molecule has 3 atom stereocenters. The Hall–Kier alpha value is -0.130. The predicted molar refractivity (Wildman–Crippen MR) is 85.3 cm³/mol. The lowest BCUT2D eigenvalue weighted by Crippen LogP contribution is -2.59. The minimum absolute atomic E-state index is 0.282. The van der Waals surface area contributed by atoms with Crippen LogP contribution in [-0.4, -0.2) is 26.5 Å². The van der Waals surface area contributed by atoms with Crippen LogP contribution in [0.25, 0.3) is 0 Å². The zero-order valence-electron chi connectivity index (χ0n) is 13.4. The monoisotopic (exact) mass is 314 g/mol. The molecule has 3 unspecified atom stereocenters. The summed E-state index contributed by atoms with van der Waals surface area (Å²) < 4.78 is 22.7. The van der Waals surface area contributed by atoms with Crippen LogP contribution in [-0.2, 0) is 9.84 Å². The predicted octanol–water partition coefficient (Wildman–Crippen LogP) is 2.25. The Balaban J connectivity index is 1.71. The van der Waals surface area contributed by atoms with E-state index in [1.165, 1.54) is 44.8 Å². The van der Waals surface area contributed by atoms with Gasteiger partial charge in [0.1, 0.15) is 9.84 Å². The first kappa shape index (κ1) is 15.8. The van der Waals surface area contributed by atoms with Crippen molar-refractivity contribution < 1.29 is 8.42 Å². The highest BCUT2D eigenvalue weighted by atomic mass is 32.2. The lowest BCUT2D eigenvalue weighted by atomic mass is 9.43. The Kier molecular flexibility index (Phi) is 3.90. The molecule has 0 amide bonds. The maximum Gasteiger partial charge on any atom is 0.147 e. The van der Waals surface area contributed by atoms with Gasteiger partial charge >= 0.3 is 0 Å². The van der Waals surface area contributed by atoms with Gasteiger partial charge in [-0.25, -0.2) is 8.42 Å².